The van der Waals surface area contributed by atoms with Crippen molar-refractivity contribution in [1.82, 2.24) is 0 Å². The summed E-state index contributed by atoms with van der Waals surface area (Å²) in [5, 5.41) is 8.19. The highest BCUT2D eigenvalue weighted by atomic mass is 32.2. The first kappa shape index (κ1) is 16.2. The molecule has 0 aliphatic carbocycles. The van der Waals surface area contributed by atoms with Gasteiger partial charge in [-0.2, -0.15) is 0 Å². The van der Waals surface area contributed by atoms with E-state index in [1.165, 1.54) is 18.2 Å². The molecular weight excluding hydrogens is 326 g/mol. The first-order chi connectivity index (χ1) is 11.3. The third-order valence-corrected chi connectivity index (χ3v) is 4.65. The lowest BCUT2D eigenvalue weighted by Gasteiger charge is -2.17. The van der Waals surface area contributed by atoms with Crippen LogP contribution in [-0.2, 0) is 14.8 Å². The zero-order valence-electron chi connectivity index (χ0n) is 13.1. The quantitative estimate of drug-likeness (QED) is 0.888. The molecule has 0 unspecified atom stereocenters. The number of aryl methyl sites for hydroxylation is 1. The molecule has 0 bridgehead atoms. The smallest absolute Gasteiger partial charge is 0.253 e. The van der Waals surface area contributed by atoms with Crippen molar-refractivity contribution < 1.29 is 13.2 Å². The molecule has 2 aromatic rings. The SMILES string of the molecule is Cc1ccc(N2CC(Nc3ccc(S(N)(=O)=O)cc3)=CC2=O)cc1. The number of hydrogen-bond acceptors (Lipinski definition) is 4. The fraction of sp³-hybridized carbons (Fsp3) is 0.118. The van der Waals surface area contributed by atoms with Crippen LogP contribution in [0, 0.1) is 6.92 Å². The molecule has 0 aromatic heterocycles. The normalized spacial score (nSPS) is 14.7. The molecule has 1 aliphatic heterocycles. The molecule has 1 amide bonds. The van der Waals surface area contributed by atoms with E-state index < -0.39 is 10.0 Å². The molecule has 0 spiro atoms. The van der Waals surface area contributed by atoms with E-state index in [1.54, 1.807) is 17.0 Å². The Kier molecular flexibility index (Phi) is 4.13. The van der Waals surface area contributed by atoms with Gasteiger partial charge in [-0.05, 0) is 43.3 Å². The number of primary sulfonamides is 1. The number of nitrogens with two attached hydrogens (primary N) is 1. The molecule has 3 N–H and O–H groups in total. The highest BCUT2D eigenvalue weighted by molar-refractivity contribution is 7.89. The number of benzene rings is 2. The number of rotatable bonds is 4. The van der Waals surface area contributed by atoms with E-state index in [9.17, 15) is 13.2 Å². The maximum Gasteiger partial charge on any atom is 0.253 e. The standard InChI is InChI=1S/C17H17N3O3S/c1-12-2-6-15(7-3-12)20-11-14(10-17(20)21)19-13-4-8-16(9-5-13)24(18,22)23/h2-10,19H,11H2,1H3,(H2,18,22,23). The Morgan fingerprint density at radius 1 is 1.04 bits per heavy atom. The zero-order chi connectivity index (χ0) is 17.3. The van der Waals surface area contributed by atoms with Gasteiger partial charge in [0, 0.05) is 23.1 Å². The lowest BCUT2D eigenvalue weighted by molar-refractivity contribution is -0.113. The highest BCUT2D eigenvalue weighted by Gasteiger charge is 2.23. The first-order valence-corrected chi connectivity index (χ1v) is 8.86. The molecule has 0 atom stereocenters. The number of carbonyl (C=O) groups excluding carboxylic acids is 1. The van der Waals surface area contributed by atoms with Gasteiger partial charge in [0.1, 0.15) is 0 Å². The Balaban J connectivity index is 1.72. The summed E-state index contributed by atoms with van der Waals surface area (Å²) in [6.07, 6.45) is 1.54. The van der Waals surface area contributed by atoms with E-state index in [1.807, 2.05) is 31.2 Å². The van der Waals surface area contributed by atoms with Gasteiger partial charge in [0.05, 0.1) is 11.4 Å². The van der Waals surface area contributed by atoms with Crippen LogP contribution < -0.4 is 15.4 Å². The topological polar surface area (TPSA) is 92.5 Å². The van der Waals surface area contributed by atoms with Crippen molar-refractivity contribution in [2.45, 2.75) is 11.8 Å². The van der Waals surface area contributed by atoms with Crippen molar-refractivity contribution in [3.05, 3.63) is 65.9 Å². The molecule has 0 saturated heterocycles. The van der Waals surface area contributed by atoms with Gasteiger partial charge >= 0.3 is 0 Å². The predicted molar refractivity (Wildman–Crippen MR) is 93.1 cm³/mol. The molecular formula is C17H17N3O3S. The minimum atomic E-state index is -3.71. The molecule has 0 saturated carbocycles. The molecule has 6 nitrogen and oxygen atoms in total. The second-order valence-corrected chi connectivity index (χ2v) is 7.19. The number of nitrogens with zero attached hydrogens (tertiary/aromatic N) is 1. The molecule has 0 fully saturated rings. The fourth-order valence-corrected chi connectivity index (χ4v) is 2.97. The maximum absolute atomic E-state index is 12.2. The Hall–Kier alpha value is -2.64. The van der Waals surface area contributed by atoms with Crippen LogP contribution in [0.1, 0.15) is 5.56 Å². The van der Waals surface area contributed by atoms with Gasteiger partial charge in [-0.15, -0.1) is 0 Å². The van der Waals surface area contributed by atoms with E-state index in [2.05, 4.69) is 5.32 Å². The molecule has 7 heteroatoms. The second-order valence-electron chi connectivity index (χ2n) is 5.62. The van der Waals surface area contributed by atoms with Crippen molar-refractivity contribution in [3.8, 4) is 0 Å². The summed E-state index contributed by atoms with van der Waals surface area (Å²) in [4.78, 5) is 13.9. The first-order valence-electron chi connectivity index (χ1n) is 7.31. The van der Waals surface area contributed by atoms with Crippen LogP contribution in [0.5, 0.6) is 0 Å². The summed E-state index contributed by atoms with van der Waals surface area (Å²) in [5.74, 6) is -0.0949. The van der Waals surface area contributed by atoms with Gasteiger partial charge in [-0.3, -0.25) is 4.79 Å². The average Bonchev–Trinajstić information content (AvgIpc) is 2.88. The van der Waals surface area contributed by atoms with Crippen LogP contribution in [0.2, 0.25) is 0 Å². The van der Waals surface area contributed by atoms with Gasteiger partial charge in [-0.25, -0.2) is 13.6 Å². The lowest BCUT2D eigenvalue weighted by Crippen LogP contribution is -2.25. The molecule has 124 valence electrons. The van der Waals surface area contributed by atoms with Crippen molar-refractivity contribution in [3.63, 3.8) is 0 Å². The highest BCUT2D eigenvalue weighted by Crippen LogP contribution is 2.23. The Labute approximate surface area is 140 Å². The van der Waals surface area contributed by atoms with Crippen molar-refractivity contribution >= 4 is 27.3 Å². The van der Waals surface area contributed by atoms with Crippen LogP contribution in [0.4, 0.5) is 11.4 Å². The van der Waals surface area contributed by atoms with E-state index in [-0.39, 0.29) is 10.8 Å². The van der Waals surface area contributed by atoms with Gasteiger partial charge in [0.15, 0.2) is 0 Å². The van der Waals surface area contributed by atoms with E-state index in [0.717, 1.165) is 16.9 Å². The molecule has 1 heterocycles. The predicted octanol–water partition coefficient (Wildman–Crippen LogP) is 1.99. The third-order valence-electron chi connectivity index (χ3n) is 3.73. The van der Waals surface area contributed by atoms with Crippen molar-refractivity contribution in [2.24, 2.45) is 5.14 Å². The molecule has 24 heavy (non-hydrogen) atoms. The summed E-state index contributed by atoms with van der Waals surface area (Å²) < 4.78 is 22.5. The summed E-state index contributed by atoms with van der Waals surface area (Å²) in [6.45, 7) is 2.42. The van der Waals surface area contributed by atoms with Crippen molar-refractivity contribution in [1.29, 1.82) is 0 Å². The van der Waals surface area contributed by atoms with Crippen LogP contribution in [0.15, 0.2) is 65.2 Å². The maximum atomic E-state index is 12.2. The van der Waals surface area contributed by atoms with E-state index in [0.29, 0.717) is 12.2 Å². The third kappa shape index (κ3) is 3.47. The number of amides is 1. The Morgan fingerprint density at radius 2 is 1.67 bits per heavy atom. The van der Waals surface area contributed by atoms with Gasteiger partial charge < -0.3 is 10.2 Å². The fourth-order valence-electron chi connectivity index (χ4n) is 2.45. The number of carbonyl (C=O) groups is 1. The van der Waals surface area contributed by atoms with Gasteiger partial charge in [0.25, 0.3) is 5.91 Å². The number of sulfonamides is 1. The molecule has 1 aliphatic rings. The molecule has 2 aromatic carbocycles. The lowest BCUT2D eigenvalue weighted by atomic mass is 10.2. The average molecular weight is 343 g/mol. The van der Waals surface area contributed by atoms with Crippen LogP contribution in [-0.4, -0.2) is 20.9 Å². The minimum Gasteiger partial charge on any atom is -0.357 e. The van der Waals surface area contributed by atoms with E-state index in [4.69, 9.17) is 5.14 Å². The van der Waals surface area contributed by atoms with E-state index >= 15 is 0 Å². The van der Waals surface area contributed by atoms with Crippen molar-refractivity contribution in [2.75, 3.05) is 16.8 Å². The molecule has 3 rings (SSSR count). The zero-order valence-corrected chi connectivity index (χ0v) is 13.9. The largest absolute Gasteiger partial charge is 0.357 e. The molecule has 0 radical (unpaired) electrons. The number of anilines is 2. The second kappa shape index (κ2) is 6.10. The summed E-state index contributed by atoms with van der Waals surface area (Å²) in [5.41, 5.74) is 3.39. The summed E-state index contributed by atoms with van der Waals surface area (Å²) in [7, 11) is -3.71. The van der Waals surface area contributed by atoms with Crippen LogP contribution in [0.3, 0.4) is 0 Å². The van der Waals surface area contributed by atoms with Gasteiger partial charge in [-0.1, -0.05) is 17.7 Å². The number of nitrogens with one attached hydrogen (secondary N) is 1. The monoisotopic (exact) mass is 343 g/mol. The van der Waals surface area contributed by atoms with Gasteiger partial charge in [0.2, 0.25) is 10.0 Å². The van der Waals surface area contributed by atoms with Crippen LogP contribution >= 0.6 is 0 Å². The number of hydrogen-bond donors (Lipinski definition) is 2. The Bertz CT molecular complexity index is 901. The van der Waals surface area contributed by atoms with Crippen LogP contribution in [0.25, 0.3) is 0 Å². The minimum absolute atomic E-state index is 0.0470. The summed E-state index contributed by atoms with van der Waals surface area (Å²) in [6, 6.07) is 13.8. The Morgan fingerprint density at radius 3 is 2.25 bits per heavy atom. The summed E-state index contributed by atoms with van der Waals surface area (Å²) >= 11 is 0.